The van der Waals surface area contributed by atoms with Crippen molar-refractivity contribution in [2.45, 2.75) is 19.8 Å². The normalized spacial score (nSPS) is 10.3. The number of halogens is 1. The predicted molar refractivity (Wildman–Crippen MR) is 71.7 cm³/mol. The van der Waals surface area contributed by atoms with Gasteiger partial charge in [0.25, 0.3) is 0 Å². The number of carbonyl (C=O) groups is 1. The van der Waals surface area contributed by atoms with E-state index in [0.717, 1.165) is 6.42 Å². The summed E-state index contributed by atoms with van der Waals surface area (Å²) in [5.41, 5.74) is 0.782. The van der Waals surface area contributed by atoms with Gasteiger partial charge in [-0.05, 0) is 36.8 Å². The van der Waals surface area contributed by atoms with Gasteiger partial charge in [-0.25, -0.2) is 14.2 Å². The Morgan fingerprint density at radius 2 is 2.00 bits per heavy atom. The van der Waals surface area contributed by atoms with Gasteiger partial charge in [0, 0.05) is 11.8 Å². The van der Waals surface area contributed by atoms with Gasteiger partial charge >= 0.3 is 5.97 Å². The molecule has 2 rings (SSSR count). The Kier molecular flexibility index (Phi) is 4.30. The second-order valence-corrected chi connectivity index (χ2v) is 4.30. The zero-order chi connectivity index (χ0) is 14.5. The summed E-state index contributed by atoms with van der Waals surface area (Å²) >= 11 is 0. The van der Waals surface area contributed by atoms with Crippen LogP contribution in [0.1, 0.15) is 29.4 Å². The van der Waals surface area contributed by atoms with E-state index in [1.54, 1.807) is 0 Å². The summed E-state index contributed by atoms with van der Waals surface area (Å²) in [7, 11) is 0. The Labute approximate surface area is 115 Å². The number of ether oxygens (including phenoxy) is 1. The van der Waals surface area contributed by atoms with Crippen LogP contribution in [0.5, 0.6) is 11.6 Å². The third-order valence-electron chi connectivity index (χ3n) is 2.64. The topological polar surface area (TPSA) is 59.4 Å². The Bertz CT molecular complexity index is 611. The number of nitrogens with zero attached hydrogens (tertiary/aromatic N) is 1. The first-order valence-electron chi connectivity index (χ1n) is 6.26. The molecule has 0 radical (unpaired) electrons. The highest BCUT2D eigenvalue weighted by Gasteiger charge is 2.10. The maximum absolute atomic E-state index is 12.8. The molecule has 1 aromatic carbocycles. The number of pyridine rings is 1. The number of carboxylic acid groups (broad SMARTS) is 1. The zero-order valence-electron chi connectivity index (χ0n) is 11.0. The van der Waals surface area contributed by atoms with E-state index in [-0.39, 0.29) is 17.3 Å². The summed E-state index contributed by atoms with van der Waals surface area (Å²) in [6, 6.07) is 8.34. The number of aromatic nitrogens is 1. The number of aryl methyl sites for hydroxylation is 1. The van der Waals surface area contributed by atoms with Gasteiger partial charge in [-0.15, -0.1) is 0 Å². The standard InChI is InChI=1S/C15H14FNO3/c1-2-3-12-8-10(15(18)19)9-14(17-12)20-13-6-4-11(16)5-7-13/h4-9H,2-3H2,1H3,(H,18,19). The van der Waals surface area contributed by atoms with Crippen LogP contribution in [0.25, 0.3) is 0 Å². The van der Waals surface area contributed by atoms with Crippen molar-refractivity contribution in [3.05, 3.63) is 53.5 Å². The smallest absolute Gasteiger partial charge is 0.335 e. The van der Waals surface area contributed by atoms with Gasteiger partial charge < -0.3 is 9.84 Å². The van der Waals surface area contributed by atoms with Crippen LogP contribution in [0.2, 0.25) is 0 Å². The van der Waals surface area contributed by atoms with Crippen molar-refractivity contribution in [1.82, 2.24) is 4.98 Å². The molecule has 5 heteroatoms. The van der Waals surface area contributed by atoms with E-state index in [0.29, 0.717) is 17.9 Å². The van der Waals surface area contributed by atoms with Crippen LogP contribution >= 0.6 is 0 Å². The van der Waals surface area contributed by atoms with Crippen LogP contribution in [-0.2, 0) is 6.42 Å². The van der Waals surface area contributed by atoms with Crippen LogP contribution < -0.4 is 4.74 Å². The molecule has 1 heterocycles. The highest BCUT2D eigenvalue weighted by Crippen LogP contribution is 2.22. The van der Waals surface area contributed by atoms with Crippen molar-refractivity contribution in [3.8, 4) is 11.6 Å². The van der Waals surface area contributed by atoms with Gasteiger partial charge in [-0.3, -0.25) is 0 Å². The summed E-state index contributed by atoms with van der Waals surface area (Å²) in [4.78, 5) is 15.3. The van der Waals surface area contributed by atoms with E-state index < -0.39 is 5.97 Å². The minimum Gasteiger partial charge on any atom is -0.478 e. The number of aromatic carboxylic acids is 1. The van der Waals surface area contributed by atoms with Crippen LogP contribution in [0.4, 0.5) is 4.39 Å². The Morgan fingerprint density at radius 3 is 2.60 bits per heavy atom. The molecule has 0 saturated heterocycles. The van der Waals surface area contributed by atoms with Gasteiger partial charge in [-0.1, -0.05) is 13.3 Å². The number of rotatable bonds is 5. The molecule has 0 fully saturated rings. The van der Waals surface area contributed by atoms with Gasteiger partial charge in [0.1, 0.15) is 11.6 Å². The molecule has 0 amide bonds. The summed E-state index contributed by atoms with van der Waals surface area (Å²) in [6.45, 7) is 1.98. The van der Waals surface area contributed by atoms with E-state index >= 15 is 0 Å². The first-order chi connectivity index (χ1) is 9.58. The highest BCUT2D eigenvalue weighted by molar-refractivity contribution is 5.88. The van der Waals surface area contributed by atoms with Crippen LogP contribution in [-0.4, -0.2) is 16.1 Å². The molecule has 0 aliphatic rings. The van der Waals surface area contributed by atoms with Crippen LogP contribution in [0.15, 0.2) is 36.4 Å². The molecule has 0 atom stereocenters. The average Bonchev–Trinajstić information content (AvgIpc) is 2.41. The first-order valence-corrected chi connectivity index (χ1v) is 6.26. The average molecular weight is 275 g/mol. The second-order valence-electron chi connectivity index (χ2n) is 4.30. The lowest BCUT2D eigenvalue weighted by Gasteiger charge is -2.08. The SMILES string of the molecule is CCCc1cc(C(=O)O)cc(Oc2ccc(F)cc2)n1. The maximum Gasteiger partial charge on any atom is 0.335 e. The fourth-order valence-electron chi connectivity index (χ4n) is 1.74. The fourth-order valence-corrected chi connectivity index (χ4v) is 1.74. The maximum atomic E-state index is 12.8. The summed E-state index contributed by atoms with van der Waals surface area (Å²) in [5, 5.41) is 9.07. The Hall–Kier alpha value is -2.43. The molecule has 0 bridgehead atoms. The lowest BCUT2D eigenvalue weighted by atomic mass is 10.1. The molecule has 0 spiro atoms. The molecule has 1 N–H and O–H groups in total. The predicted octanol–water partition coefficient (Wildman–Crippen LogP) is 3.66. The molecular formula is C15H14FNO3. The third kappa shape index (κ3) is 3.54. The lowest BCUT2D eigenvalue weighted by molar-refractivity contribution is 0.0696. The van der Waals surface area contributed by atoms with Gasteiger partial charge in [0.15, 0.2) is 0 Å². The van der Waals surface area contributed by atoms with Gasteiger partial charge in [0.05, 0.1) is 5.56 Å². The van der Waals surface area contributed by atoms with Crippen molar-refractivity contribution >= 4 is 5.97 Å². The monoisotopic (exact) mass is 275 g/mol. The third-order valence-corrected chi connectivity index (χ3v) is 2.64. The van der Waals surface area contributed by atoms with Crippen LogP contribution in [0, 0.1) is 5.82 Å². The highest BCUT2D eigenvalue weighted by atomic mass is 19.1. The van der Waals surface area contributed by atoms with Crippen molar-refractivity contribution in [2.75, 3.05) is 0 Å². The van der Waals surface area contributed by atoms with Crippen molar-refractivity contribution in [1.29, 1.82) is 0 Å². The van der Waals surface area contributed by atoms with E-state index in [1.807, 2.05) is 6.92 Å². The molecule has 2 aromatic rings. The van der Waals surface area contributed by atoms with Crippen LogP contribution in [0.3, 0.4) is 0 Å². The number of benzene rings is 1. The lowest BCUT2D eigenvalue weighted by Crippen LogP contribution is -2.02. The summed E-state index contributed by atoms with van der Waals surface area (Å²) < 4.78 is 18.3. The number of hydrogen-bond donors (Lipinski definition) is 1. The van der Waals surface area contributed by atoms with Crippen molar-refractivity contribution < 1.29 is 19.0 Å². The molecule has 0 aliphatic heterocycles. The van der Waals surface area contributed by atoms with Crippen molar-refractivity contribution in [3.63, 3.8) is 0 Å². The summed E-state index contributed by atoms with van der Waals surface area (Å²) in [6.07, 6.45) is 1.52. The number of carboxylic acids is 1. The molecule has 4 nitrogen and oxygen atoms in total. The van der Waals surface area contributed by atoms with Gasteiger partial charge in [0.2, 0.25) is 5.88 Å². The molecule has 0 unspecified atom stereocenters. The largest absolute Gasteiger partial charge is 0.478 e. The first kappa shape index (κ1) is 14.0. The number of hydrogen-bond acceptors (Lipinski definition) is 3. The minimum atomic E-state index is -1.03. The van der Waals surface area contributed by atoms with E-state index in [2.05, 4.69) is 4.98 Å². The summed E-state index contributed by atoms with van der Waals surface area (Å²) in [5.74, 6) is -0.797. The second kappa shape index (κ2) is 6.14. The quantitative estimate of drug-likeness (QED) is 0.904. The molecule has 20 heavy (non-hydrogen) atoms. The molecule has 1 aromatic heterocycles. The zero-order valence-corrected chi connectivity index (χ0v) is 11.0. The minimum absolute atomic E-state index is 0.126. The van der Waals surface area contributed by atoms with E-state index in [1.165, 1.54) is 36.4 Å². The molecule has 0 saturated carbocycles. The Morgan fingerprint density at radius 1 is 1.30 bits per heavy atom. The molecular weight excluding hydrogens is 261 g/mol. The Balaban J connectivity index is 2.29. The van der Waals surface area contributed by atoms with Gasteiger partial charge in [-0.2, -0.15) is 0 Å². The molecule has 0 aliphatic carbocycles. The van der Waals surface area contributed by atoms with E-state index in [4.69, 9.17) is 9.84 Å². The van der Waals surface area contributed by atoms with Crippen molar-refractivity contribution in [2.24, 2.45) is 0 Å². The molecule has 104 valence electrons. The fraction of sp³-hybridized carbons (Fsp3) is 0.200. The van der Waals surface area contributed by atoms with E-state index in [9.17, 15) is 9.18 Å².